The van der Waals surface area contributed by atoms with E-state index >= 15 is 0 Å². The number of carbonyl (C=O) groups excluding carboxylic acids is 1. The largest absolute Gasteiger partial charge is 0.349 e. The second-order valence-electron chi connectivity index (χ2n) is 8.21. The Hall–Kier alpha value is -2.51. The Labute approximate surface area is 191 Å². The van der Waals surface area contributed by atoms with Crippen molar-refractivity contribution in [3.63, 3.8) is 0 Å². The fourth-order valence-corrected chi connectivity index (χ4v) is 4.28. The number of rotatable bonds is 6. The van der Waals surface area contributed by atoms with Gasteiger partial charge >= 0.3 is 0 Å². The van der Waals surface area contributed by atoms with Crippen molar-refractivity contribution < 1.29 is 9.32 Å². The van der Waals surface area contributed by atoms with Gasteiger partial charge in [0.15, 0.2) is 0 Å². The zero-order valence-corrected chi connectivity index (χ0v) is 19.4. The van der Waals surface area contributed by atoms with E-state index in [0.29, 0.717) is 18.3 Å². The van der Waals surface area contributed by atoms with Crippen LogP contribution < -0.4 is 5.32 Å². The van der Waals surface area contributed by atoms with Crippen molar-refractivity contribution >= 4 is 21.8 Å². The summed E-state index contributed by atoms with van der Waals surface area (Å²) in [7, 11) is 0. The molecule has 7 heteroatoms. The Morgan fingerprint density at radius 2 is 1.97 bits per heavy atom. The van der Waals surface area contributed by atoms with E-state index in [9.17, 15) is 4.79 Å². The lowest BCUT2D eigenvalue weighted by Gasteiger charge is -2.30. The summed E-state index contributed by atoms with van der Waals surface area (Å²) in [4.78, 5) is 19.5. The van der Waals surface area contributed by atoms with Gasteiger partial charge in [0.25, 0.3) is 0 Å². The average Bonchev–Trinajstić information content (AvgIpc) is 3.23. The number of nitrogens with zero attached hydrogens (tertiary/aromatic N) is 3. The summed E-state index contributed by atoms with van der Waals surface area (Å²) in [5.41, 5.74) is 3.27. The van der Waals surface area contributed by atoms with Gasteiger partial charge in [0, 0.05) is 16.0 Å². The molecule has 2 heterocycles. The number of benzene rings is 2. The maximum atomic E-state index is 12.7. The number of hydrogen-bond acceptors (Lipinski definition) is 5. The van der Waals surface area contributed by atoms with Crippen LogP contribution in [0.3, 0.4) is 0 Å². The van der Waals surface area contributed by atoms with Crippen LogP contribution in [0, 0.1) is 12.8 Å². The third kappa shape index (κ3) is 5.60. The van der Waals surface area contributed by atoms with Crippen molar-refractivity contribution in [3.05, 3.63) is 70.0 Å². The minimum atomic E-state index is 0.0148. The molecule has 1 unspecified atom stereocenters. The molecule has 1 saturated heterocycles. The monoisotopic (exact) mass is 482 g/mol. The molecule has 1 aromatic heterocycles. The van der Waals surface area contributed by atoms with Gasteiger partial charge in [-0.3, -0.25) is 9.69 Å². The molecule has 31 heavy (non-hydrogen) atoms. The quantitative estimate of drug-likeness (QED) is 0.540. The van der Waals surface area contributed by atoms with Crippen molar-refractivity contribution in [3.8, 4) is 11.4 Å². The van der Waals surface area contributed by atoms with Crippen LogP contribution >= 0.6 is 15.9 Å². The molecule has 162 valence electrons. The summed E-state index contributed by atoms with van der Waals surface area (Å²) in [5.74, 6) is 1.38. The Bertz CT molecular complexity index is 1030. The van der Waals surface area contributed by atoms with E-state index in [0.717, 1.165) is 41.5 Å². The average molecular weight is 483 g/mol. The number of amides is 1. The molecule has 6 nitrogen and oxygen atoms in total. The predicted octanol–water partition coefficient (Wildman–Crippen LogP) is 4.90. The molecule has 0 saturated carbocycles. The van der Waals surface area contributed by atoms with E-state index in [1.165, 1.54) is 5.56 Å². The van der Waals surface area contributed by atoms with Crippen LogP contribution in [0.4, 0.5) is 0 Å². The fraction of sp³-hybridized carbons (Fsp3) is 0.375. The van der Waals surface area contributed by atoms with Gasteiger partial charge in [-0.15, -0.1) is 0 Å². The molecule has 1 aliphatic heterocycles. The highest BCUT2D eigenvalue weighted by molar-refractivity contribution is 9.10. The van der Waals surface area contributed by atoms with E-state index in [4.69, 9.17) is 4.52 Å². The second kappa shape index (κ2) is 9.75. The van der Waals surface area contributed by atoms with Gasteiger partial charge in [-0.1, -0.05) is 63.0 Å². The first-order valence-electron chi connectivity index (χ1n) is 10.7. The normalized spacial score (nSPS) is 16.2. The van der Waals surface area contributed by atoms with E-state index in [1.807, 2.05) is 31.2 Å². The number of hydrogen-bond donors (Lipinski definition) is 1. The summed E-state index contributed by atoms with van der Waals surface area (Å²) in [6, 6.07) is 16.2. The molecular formula is C24H27BrN4O2. The van der Waals surface area contributed by atoms with Crippen molar-refractivity contribution in [2.24, 2.45) is 5.92 Å². The number of aromatic nitrogens is 2. The Kier molecular flexibility index (Phi) is 6.83. The standard InChI is InChI=1S/C24H27BrN4O2/c1-16-6-8-18(9-7-16)17(2)26-24(30)19-10-12-29(13-11-19)15-22-27-23(28-31-22)20-4-3-5-21(25)14-20/h3-9,14,17,19H,10-13,15H2,1-2H3,(H,26,30). The Morgan fingerprint density at radius 1 is 1.23 bits per heavy atom. The van der Waals surface area contributed by atoms with Crippen LogP contribution in [0.2, 0.25) is 0 Å². The molecule has 0 aliphatic carbocycles. The van der Waals surface area contributed by atoms with E-state index < -0.39 is 0 Å². The highest BCUT2D eigenvalue weighted by Crippen LogP contribution is 2.23. The molecule has 0 spiro atoms. The summed E-state index contributed by atoms with van der Waals surface area (Å²) < 4.78 is 6.43. The molecule has 0 radical (unpaired) electrons. The van der Waals surface area contributed by atoms with Crippen LogP contribution in [0.5, 0.6) is 0 Å². The predicted molar refractivity (Wildman–Crippen MR) is 123 cm³/mol. The zero-order chi connectivity index (χ0) is 21.8. The first-order chi connectivity index (χ1) is 15.0. The van der Waals surface area contributed by atoms with Crippen LogP contribution in [0.15, 0.2) is 57.5 Å². The number of piperidine rings is 1. The van der Waals surface area contributed by atoms with Gasteiger partial charge in [-0.05, 0) is 57.5 Å². The smallest absolute Gasteiger partial charge is 0.241 e. The van der Waals surface area contributed by atoms with Crippen LogP contribution in [0.25, 0.3) is 11.4 Å². The third-order valence-electron chi connectivity index (χ3n) is 5.80. The second-order valence-corrected chi connectivity index (χ2v) is 9.13. The molecular weight excluding hydrogens is 456 g/mol. The topological polar surface area (TPSA) is 71.3 Å². The van der Waals surface area contributed by atoms with Crippen molar-refractivity contribution in [2.45, 2.75) is 39.3 Å². The third-order valence-corrected chi connectivity index (χ3v) is 6.30. The number of nitrogens with one attached hydrogen (secondary N) is 1. The first-order valence-corrected chi connectivity index (χ1v) is 11.4. The minimum Gasteiger partial charge on any atom is -0.349 e. The molecule has 4 rings (SSSR count). The lowest BCUT2D eigenvalue weighted by molar-refractivity contribution is -0.127. The molecule has 1 atom stereocenters. The first kappa shape index (κ1) is 21.7. The molecule has 3 aromatic rings. The number of aryl methyl sites for hydroxylation is 1. The highest BCUT2D eigenvalue weighted by atomic mass is 79.9. The minimum absolute atomic E-state index is 0.0148. The Morgan fingerprint density at radius 3 is 2.68 bits per heavy atom. The van der Waals surface area contributed by atoms with Crippen molar-refractivity contribution in [2.75, 3.05) is 13.1 Å². The molecule has 1 amide bonds. The van der Waals surface area contributed by atoms with Gasteiger partial charge in [0.2, 0.25) is 17.6 Å². The number of halogens is 1. The Balaban J connectivity index is 1.27. The van der Waals surface area contributed by atoms with Gasteiger partial charge < -0.3 is 9.84 Å². The molecule has 0 bridgehead atoms. The van der Waals surface area contributed by atoms with E-state index in [1.54, 1.807) is 0 Å². The van der Waals surface area contributed by atoms with Crippen molar-refractivity contribution in [1.82, 2.24) is 20.4 Å². The van der Waals surface area contributed by atoms with Gasteiger partial charge in [-0.25, -0.2) is 0 Å². The number of likely N-dealkylation sites (tertiary alicyclic amines) is 1. The lowest BCUT2D eigenvalue weighted by atomic mass is 9.95. The fourth-order valence-electron chi connectivity index (χ4n) is 3.88. The van der Waals surface area contributed by atoms with Gasteiger partial charge in [-0.2, -0.15) is 4.98 Å². The summed E-state index contributed by atoms with van der Waals surface area (Å²) in [5, 5.41) is 7.28. The molecule has 2 aromatic carbocycles. The van der Waals surface area contributed by atoms with Crippen LogP contribution in [-0.2, 0) is 11.3 Å². The zero-order valence-electron chi connectivity index (χ0n) is 17.8. The lowest BCUT2D eigenvalue weighted by Crippen LogP contribution is -2.40. The molecule has 1 fully saturated rings. The summed E-state index contributed by atoms with van der Waals surface area (Å²) in [6.45, 7) is 6.39. The van der Waals surface area contributed by atoms with Crippen LogP contribution in [-0.4, -0.2) is 34.0 Å². The maximum absolute atomic E-state index is 12.7. The molecule has 1 N–H and O–H groups in total. The molecule has 1 aliphatic rings. The van der Waals surface area contributed by atoms with Crippen LogP contribution in [0.1, 0.15) is 42.8 Å². The number of carbonyl (C=O) groups is 1. The maximum Gasteiger partial charge on any atom is 0.241 e. The van der Waals surface area contributed by atoms with Gasteiger partial charge in [0.05, 0.1) is 12.6 Å². The highest BCUT2D eigenvalue weighted by Gasteiger charge is 2.27. The van der Waals surface area contributed by atoms with E-state index in [-0.39, 0.29) is 17.9 Å². The summed E-state index contributed by atoms with van der Waals surface area (Å²) in [6.07, 6.45) is 1.66. The van der Waals surface area contributed by atoms with Crippen molar-refractivity contribution in [1.29, 1.82) is 0 Å². The van der Waals surface area contributed by atoms with Gasteiger partial charge in [0.1, 0.15) is 0 Å². The SMILES string of the molecule is Cc1ccc(C(C)NC(=O)C2CCN(Cc3nc(-c4cccc(Br)c4)no3)CC2)cc1. The van der Waals surface area contributed by atoms with E-state index in [2.05, 4.69) is 67.5 Å². The summed E-state index contributed by atoms with van der Waals surface area (Å²) >= 11 is 3.47.